The molecule has 121 heavy (non-hydrogen) atoms. The Morgan fingerprint density at radius 3 is 1.11 bits per heavy atom. The van der Waals surface area contributed by atoms with E-state index in [4.69, 9.17) is 0 Å². The third-order valence-corrected chi connectivity index (χ3v) is 26.2. The molecule has 6 heteroatoms. The standard InChI is InChI=1S/C57H41N3.C34H27N.C24H15BrN/c1-57(2)50-25-13-9-22-44(50)45-33-30-41(36-51(45)57)58(42-31-34-49-47-24-12-16-28-54(47)60(56(49)37-42)40-19-7-4-8-20-40)52-26-14-10-21-43(52)38-29-32-48-46-23-11-15-27-53(46)59(55(48)35-38)39-17-5-3-6-18-39;1-34(2)30-14-8-6-12-26(30)27-18-16-23(21-31(27)34)20-24-17-19-29-28-13-7-9-15-32(28)35(33(29)22-24)25-10-4-3-5-11-25;25-22-12-6-4-10-19(22)17-14-15-21-20-11-5-7-13-23(20)26(24(21)16-17)18-8-2-1-3-9-18/h3-37H,1-2H3;3-19,21-22H,20H2,1-2H3;1-5,7-16H/q;;+1. The van der Waals surface area contributed by atoms with E-state index in [0.29, 0.717) is 0 Å². The molecule has 0 N–H and O–H groups in total. The summed E-state index contributed by atoms with van der Waals surface area (Å²) in [5.74, 6) is 0. The summed E-state index contributed by atoms with van der Waals surface area (Å²) in [6.07, 6.45) is 10.1. The first kappa shape index (κ1) is 72.8. The highest BCUT2D eigenvalue weighted by atomic mass is 79.9. The van der Waals surface area contributed by atoms with Crippen molar-refractivity contribution in [3.8, 4) is 56.1 Å². The molecule has 0 saturated carbocycles. The van der Waals surface area contributed by atoms with Gasteiger partial charge in [-0.25, -0.2) is 0 Å². The van der Waals surface area contributed by atoms with Gasteiger partial charge in [0.05, 0.1) is 55.9 Å². The average molecular weight is 1610 g/mol. The van der Waals surface area contributed by atoms with Gasteiger partial charge in [-0.3, -0.25) is 0 Å². The maximum Gasteiger partial charge on any atom is 0.137 e. The predicted octanol–water partition coefficient (Wildman–Crippen LogP) is 30.8. The first-order valence-electron chi connectivity index (χ1n) is 41.9. The monoisotopic (exact) mass is 1610 g/mol. The van der Waals surface area contributed by atoms with Gasteiger partial charge in [0, 0.05) is 121 Å². The van der Waals surface area contributed by atoms with Gasteiger partial charge < -0.3 is 23.2 Å². The Labute approximate surface area is 713 Å². The third kappa shape index (κ3) is 12.2. The van der Waals surface area contributed by atoms with Crippen LogP contribution in [-0.4, -0.2) is 18.3 Å². The van der Waals surface area contributed by atoms with Crippen LogP contribution in [0.15, 0.2) is 423 Å². The second-order valence-corrected chi connectivity index (χ2v) is 34.0. The molecule has 17 aromatic carbocycles. The molecule has 21 aromatic rings. The summed E-state index contributed by atoms with van der Waals surface area (Å²) in [5, 5.41) is 10.1. The zero-order chi connectivity index (χ0) is 81.0. The van der Waals surface area contributed by atoms with Crippen LogP contribution in [0.1, 0.15) is 66.6 Å². The number of halogens is 1. The van der Waals surface area contributed by atoms with Crippen LogP contribution < -0.4 is 4.90 Å². The van der Waals surface area contributed by atoms with Crippen LogP contribution in [0.2, 0.25) is 0 Å². The fourth-order valence-corrected chi connectivity index (χ4v) is 20.3. The Morgan fingerprint density at radius 1 is 0.273 bits per heavy atom. The molecule has 4 aromatic heterocycles. The number of fused-ring (bicyclic) bond motifs is 18. The van der Waals surface area contributed by atoms with Gasteiger partial charge in [0.25, 0.3) is 0 Å². The van der Waals surface area contributed by atoms with Crippen LogP contribution in [-0.2, 0) is 17.3 Å². The van der Waals surface area contributed by atoms with Crippen LogP contribution >= 0.6 is 15.9 Å². The minimum absolute atomic E-state index is 0.0334. The lowest BCUT2D eigenvalue weighted by molar-refractivity contribution is 0.659. The van der Waals surface area contributed by atoms with Gasteiger partial charge in [-0.2, -0.15) is 0 Å². The highest BCUT2D eigenvalue weighted by molar-refractivity contribution is 9.12. The number of para-hydroxylation sites is 9. The Hall–Kier alpha value is -14.7. The van der Waals surface area contributed by atoms with Crippen molar-refractivity contribution >= 4 is 126 Å². The molecule has 0 fully saturated rings. The van der Waals surface area contributed by atoms with Crippen molar-refractivity contribution in [1.29, 1.82) is 0 Å². The number of hydrogen-bond acceptors (Lipinski definition) is 1. The van der Waals surface area contributed by atoms with Gasteiger partial charge in [-0.15, -0.1) is 0 Å². The lowest BCUT2D eigenvalue weighted by Gasteiger charge is -2.30. The molecule has 4 heterocycles. The van der Waals surface area contributed by atoms with E-state index in [1.165, 1.54) is 165 Å². The van der Waals surface area contributed by atoms with Crippen LogP contribution in [0, 0.1) is 6.08 Å². The summed E-state index contributed by atoms with van der Waals surface area (Å²) < 4.78 is 10.6. The minimum atomic E-state index is -0.146. The fourth-order valence-electron chi connectivity index (χ4n) is 19.8. The fraction of sp³-hybridized carbons (Fsp3) is 0.0609. The van der Waals surface area contributed by atoms with E-state index in [0.717, 1.165) is 50.5 Å². The highest BCUT2D eigenvalue weighted by Gasteiger charge is 2.38. The van der Waals surface area contributed by atoms with Crippen LogP contribution in [0.4, 0.5) is 17.1 Å². The topological polar surface area (TPSA) is 23.0 Å². The summed E-state index contributed by atoms with van der Waals surface area (Å²) in [4.78, 5) is 2.48. The molecule has 0 spiro atoms. The summed E-state index contributed by atoms with van der Waals surface area (Å²) >= 11 is 3.66. The Kier molecular flexibility index (Phi) is 17.7. The summed E-state index contributed by atoms with van der Waals surface area (Å²) in [6, 6.07) is 146. The number of hydrogen-bond donors (Lipinski definition) is 0. The van der Waals surface area contributed by atoms with Gasteiger partial charge >= 0.3 is 0 Å². The molecular formula is C115H83BrN5+. The second kappa shape index (κ2) is 29.5. The van der Waals surface area contributed by atoms with Gasteiger partial charge in [0.1, 0.15) is 22.2 Å². The number of rotatable bonds is 11. The smallest absolute Gasteiger partial charge is 0.137 e. The lowest BCUT2D eigenvalue weighted by atomic mass is 9.81. The molecule has 0 atom stereocenters. The molecule has 3 aliphatic carbocycles. The summed E-state index contributed by atoms with van der Waals surface area (Å²) in [7, 11) is 0. The van der Waals surface area contributed by atoms with Gasteiger partial charge in [-0.05, 0) is 189 Å². The van der Waals surface area contributed by atoms with Gasteiger partial charge in [-0.1, -0.05) is 307 Å². The summed E-state index contributed by atoms with van der Waals surface area (Å²) in [5.41, 5.74) is 36.0. The molecule has 0 saturated heterocycles. The Bertz CT molecular complexity index is 7800. The van der Waals surface area contributed by atoms with Gasteiger partial charge in [0.2, 0.25) is 0 Å². The quantitative estimate of drug-likeness (QED) is 0.118. The Balaban J connectivity index is 0.000000121. The molecule has 0 unspecified atom stereocenters. The van der Waals surface area contributed by atoms with E-state index in [-0.39, 0.29) is 10.8 Å². The van der Waals surface area contributed by atoms with Crippen LogP contribution in [0.5, 0.6) is 0 Å². The molecule has 24 rings (SSSR count). The SMILES string of the molecule is BrC1=C(c2ccc3c4ccccc4n(-c4ccccc4)c3c2)C=C[C+]=C1.CC1(C)c2ccccc2-c2ccc(Cc3ccc4c5ccccc5n(-c5ccccc5)c4c3)cc21.CC1(C)c2ccccc2-c2ccc(N(c3ccc4c5ccccc5n(-c5ccccc5)c4c3)c3ccccc3-c3ccc4c5ccccc5n(-c5ccccc5)c4c3)cc21. The van der Waals surface area contributed by atoms with E-state index in [1.54, 1.807) is 0 Å². The first-order chi connectivity index (χ1) is 59.5. The van der Waals surface area contributed by atoms with E-state index in [2.05, 4.69) is 479 Å². The van der Waals surface area contributed by atoms with Crippen LogP contribution in [0.25, 0.3) is 149 Å². The van der Waals surface area contributed by atoms with E-state index in [9.17, 15) is 0 Å². The van der Waals surface area contributed by atoms with E-state index in [1.807, 2.05) is 12.2 Å². The van der Waals surface area contributed by atoms with E-state index >= 15 is 0 Å². The maximum atomic E-state index is 3.66. The molecule has 0 bridgehead atoms. The molecule has 3 aliphatic rings. The number of benzene rings is 17. The highest BCUT2D eigenvalue weighted by Crippen LogP contribution is 2.54. The third-order valence-electron chi connectivity index (χ3n) is 25.5. The second-order valence-electron chi connectivity index (χ2n) is 33.2. The van der Waals surface area contributed by atoms with Crippen molar-refractivity contribution in [3.63, 3.8) is 0 Å². The number of aromatic nitrogens is 4. The summed E-state index contributed by atoms with van der Waals surface area (Å²) in [6.45, 7) is 9.44. The lowest BCUT2D eigenvalue weighted by Crippen LogP contribution is -2.17. The molecule has 574 valence electrons. The normalized spacial score (nSPS) is 13.3. The molecular weight excluding hydrogens is 1530 g/mol. The van der Waals surface area contributed by atoms with Gasteiger partial charge in [0.15, 0.2) is 0 Å². The number of allylic oxidation sites excluding steroid dienone is 6. The predicted molar refractivity (Wildman–Crippen MR) is 514 cm³/mol. The van der Waals surface area contributed by atoms with Crippen molar-refractivity contribution in [3.05, 3.63) is 468 Å². The molecule has 0 aliphatic heterocycles. The minimum Gasteiger partial charge on any atom is -0.310 e. The molecule has 5 nitrogen and oxygen atoms in total. The number of nitrogens with zero attached hydrogens (tertiary/aromatic N) is 5. The van der Waals surface area contributed by atoms with Crippen molar-refractivity contribution in [2.24, 2.45) is 0 Å². The zero-order valence-electron chi connectivity index (χ0n) is 67.7. The molecule has 0 amide bonds. The number of anilines is 3. The maximum absolute atomic E-state index is 3.66. The molecule has 0 radical (unpaired) electrons. The van der Waals surface area contributed by atoms with E-state index < -0.39 is 0 Å². The average Bonchev–Trinajstić information content (AvgIpc) is 1.53. The van der Waals surface area contributed by atoms with Crippen molar-refractivity contribution in [2.75, 3.05) is 4.90 Å². The largest absolute Gasteiger partial charge is 0.310 e. The van der Waals surface area contributed by atoms with Crippen LogP contribution in [0.3, 0.4) is 0 Å². The Morgan fingerprint density at radius 2 is 0.612 bits per heavy atom. The van der Waals surface area contributed by atoms with Crippen molar-refractivity contribution < 1.29 is 0 Å². The zero-order valence-corrected chi connectivity index (χ0v) is 69.2. The first-order valence-corrected chi connectivity index (χ1v) is 42.6. The van der Waals surface area contributed by atoms with Crippen molar-refractivity contribution in [1.82, 2.24) is 18.3 Å². The van der Waals surface area contributed by atoms with Crippen molar-refractivity contribution in [2.45, 2.75) is 44.9 Å².